The highest BCUT2D eigenvalue weighted by molar-refractivity contribution is 14.1. The second-order valence-corrected chi connectivity index (χ2v) is 6.50. The summed E-state index contributed by atoms with van der Waals surface area (Å²) in [5.41, 5.74) is 0.753. The lowest BCUT2D eigenvalue weighted by molar-refractivity contribution is 0.102. The van der Waals surface area contributed by atoms with Gasteiger partial charge in [0.05, 0.1) is 21.2 Å². The standard InChI is InChI=1S/C14H9ClF2INOS/c15-9-5-3-7-11(12(9)21-14(16)17)19-13(20)8-4-1-2-6-10(8)18/h1-7,14H,(H,19,20). The molecule has 0 atom stereocenters. The van der Waals surface area contributed by atoms with Gasteiger partial charge in [0.1, 0.15) is 0 Å². The van der Waals surface area contributed by atoms with E-state index in [1.54, 1.807) is 30.3 Å². The summed E-state index contributed by atoms with van der Waals surface area (Å²) in [6.07, 6.45) is 0. The number of amides is 1. The SMILES string of the molecule is O=C(Nc1cccc(Cl)c1SC(F)F)c1ccccc1I. The van der Waals surface area contributed by atoms with Crippen molar-refractivity contribution in [2.24, 2.45) is 0 Å². The molecule has 21 heavy (non-hydrogen) atoms. The Bertz CT molecular complexity index is 669. The van der Waals surface area contributed by atoms with Gasteiger partial charge in [0.15, 0.2) is 0 Å². The van der Waals surface area contributed by atoms with Crippen LogP contribution in [-0.4, -0.2) is 11.7 Å². The summed E-state index contributed by atoms with van der Waals surface area (Å²) < 4.78 is 26.0. The van der Waals surface area contributed by atoms with Crippen LogP contribution in [0.15, 0.2) is 47.4 Å². The Balaban J connectivity index is 2.29. The third-order valence-corrected chi connectivity index (χ3v) is 4.76. The number of halogens is 4. The van der Waals surface area contributed by atoms with Crippen molar-refractivity contribution in [1.82, 2.24) is 0 Å². The topological polar surface area (TPSA) is 29.1 Å². The summed E-state index contributed by atoms with van der Waals surface area (Å²) in [4.78, 5) is 12.4. The molecule has 0 unspecified atom stereocenters. The first kappa shape index (κ1) is 16.5. The summed E-state index contributed by atoms with van der Waals surface area (Å²) in [5, 5.41) is 2.81. The molecule has 7 heteroatoms. The van der Waals surface area contributed by atoms with E-state index in [1.807, 2.05) is 28.7 Å². The summed E-state index contributed by atoms with van der Waals surface area (Å²) in [6.45, 7) is 0. The van der Waals surface area contributed by atoms with Gasteiger partial charge < -0.3 is 5.32 Å². The van der Waals surface area contributed by atoms with Crippen molar-refractivity contribution < 1.29 is 13.6 Å². The lowest BCUT2D eigenvalue weighted by Crippen LogP contribution is -2.14. The van der Waals surface area contributed by atoms with Crippen molar-refractivity contribution in [3.05, 3.63) is 56.6 Å². The molecule has 2 aromatic rings. The number of carbonyl (C=O) groups excluding carboxylic acids is 1. The van der Waals surface area contributed by atoms with E-state index in [1.165, 1.54) is 6.07 Å². The molecule has 0 saturated heterocycles. The van der Waals surface area contributed by atoms with E-state index in [0.29, 0.717) is 17.3 Å². The van der Waals surface area contributed by atoms with Crippen LogP contribution >= 0.6 is 46.0 Å². The van der Waals surface area contributed by atoms with Crippen LogP contribution in [0.4, 0.5) is 14.5 Å². The number of rotatable bonds is 4. The molecule has 0 fully saturated rings. The minimum atomic E-state index is -2.61. The van der Waals surface area contributed by atoms with Gasteiger partial charge in [-0.25, -0.2) is 0 Å². The van der Waals surface area contributed by atoms with E-state index in [-0.39, 0.29) is 21.5 Å². The molecule has 0 aliphatic rings. The van der Waals surface area contributed by atoms with Gasteiger partial charge in [-0.2, -0.15) is 8.78 Å². The molecule has 0 aliphatic carbocycles. The Kier molecular flexibility index (Phi) is 5.83. The van der Waals surface area contributed by atoms with Crippen LogP contribution in [0.3, 0.4) is 0 Å². The first-order valence-corrected chi connectivity index (χ1v) is 8.12. The van der Waals surface area contributed by atoms with Crippen LogP contribution in [0.25, 0.3) is 0 Å². The fourth-order valence-corrected chi connectivity index (χ4v) is 3.20. The van der Waals surface area contributed by atoms with Crippen molar-refractivity contribution in [3.63, 3.8) is 0 Å². The van der Waals surface area contributed by atoms with E-state index < -0.39 is 5.76 Å². The minimum Gasteiger partial charge on any atom is -0.321 e. The van der Waals surface area contributed by atoms with Crippen LogP contribution in [0.2, 0.25) is 5.02 Å². The average molecular weight is 440 g/mol. The maximum Gasteiger partial charge on any atom is 0.289 e. The average Bonchev–Trinajstić information content (AvgIpc) is 2.42. The van der Waals surface area contributed by atoms with Crippen molar-refractivity contribution in [2.45, 2.75) is 10.7 Å². The molecule has 2 nitrogen and oxygen atoms in total. The summed E-state index contributed by atoms with van der Waals surface area (Å²) >= 11 is 8.28. The van der Waals surface area contributed by atoms with Gasteiger partial charge in [-0.1, -0.05) is 41.6 Å². The zero-order chi connectivity index (χ0) is 15.4. The molecule has 0 aliphatic heterocycles. The van der Waals surface area contributed by atoms with Gasteiger partial charge in [-0.15, -0.1) is 0 Å². The van der Waals surface area contributed by atoms with Crippen molar-refractivity contribution in [1.29, 1.82) is 0 Å². The quantitative estimate of drug-likeness (QED) is 0.503. The Labute approximate surface area is 143 Å². The van der Waals surface area contributed by atoms with Gasteiger partial charge in [-0.05, 0) is 46.9 Å². The fourth-order valence-electron chi connectivity index (χ4n) is 1.65. The number of alkyl halides is 2. The molecule has 0 aromatic heterocycles. The second kappa shape index (κ2) is 7.42. The van der Waals surface area contributed by atoms with E-state index in [9.17, 15) is 13.6 Å². The first-order valence-electron chi connectivity index (χ1n) is 5.78. The van der Waals surface area contributed by atoms with E-state index in [4.69, 9.17) is 11.6 Å². The van der Waals surface area contributed by atoms with E-state index >= 15 is 0 Å². The zero-order valence-corrected chi connectivity index (χ0v) is 14.2. The molecule has 1 amide bonds. The molecule has 0 spiro atoms. The molecule has 2 rings (SSSR count). The summed E-state index contributed by atoms with van der Waals surface area (Å²) in [5.74, 6) is -2.98. The Morgan fingerprint density at radius 3 is 2.57 bits per heavy atom. The number of nitrogens with one attached hydrogen (secondary N) is 1. The molecular formula is C14H9ClF2INOS. The third kappa shape index (κ3) is 4.31. The predicted octanol–water partition coefficient (Wildman–Crippen LogP) is 5.51. The molecule has 0 radical (unpaired) electrons. The number of hydrogen-bond acceptors (Lipinski definition) is 2. The molecule has 0 bridgehead atoms. The van der Waals surface area contributed by atoms with E-state index in [0.717, 1.165) is 3.57 Å². The van der Waals surface area contributed by atoms with Crippen LogP contribution in [-0.2, 0) is 0 Å². The highest BCUT2D eigenvalue weighted by Crippen LogP contribution is 2.37. The maximum atomic E-state index is 12.6. The van der Waals surface area contributed by atoms with E-state index in [2.05, 4.69) is 5.32 Å². The first-order chi connectivity index (χ1) is 9.99. The Hall–Kier alpha value is -0.860. The number of anilines is 1. The lowest BCUT2D eigenvalue weighted by atomic mass is 10.2. The Morgan fingerprint density at radius 1 is 1.19 bits per heavy atom. The summed E-state index contributed by atoms with van der Waals surface area (Å²) in [7, 11) is 0. The fraction of sp³-hybridized carbons (Fsp3) is 0.0714. The molecular weight excluding hydrogens is 431 g/mol. The maximum absolute atomic E-state index is 12.6. The van der Waals surface area contributed by atoms with Crippen molar-refractivity contribution >= 4 is 57.5 Å². The second-order valence-electron chi connectivity index (χ2n) is 3.93. The van der Waals surface area contributed by atoms with Gasteiger partial charge in [0, 0.05) is 3.57 Å². The number of benzene rings is 2. The Morgan fingerprint density at radius 2 is 1.90 bits per heavy atom. The number of thioether (sulfide) groups is 1. The molecule has 0 heterocycles. The lowest BCUT2D eigenvalue weighted by Gasteiger charge is -2.12. The summed E-state index contributed by atoms with van der Waals surface area (Å²) in [6, 6.07) is 11.7. The smallest absolute Gasteiger partial charge is 0.289 e. The normalized spacial score (nSPS) is 10.7. The molecule has 110 valence electrons. The highest BCUT2D eigenvalue weighted by Gasteiger charge is 2.17. The minimum absolute atomic E-state index is 0.161. The molecule has 1 N–H and O–H groups in total. The van der Waals surface area contributed by atoms with Gasteiger partial charge in [-0.3, -0.25) is 4.79 Å². The van der Waals surface area contributed by atoms with Crippen LogP contribution in [0.1, 0.15) is 10.4 Å². The van der Waals surface area contributed by atoms with Crippen LogP contribution < -0.4 is 5.32 Å². The monoisotopic (exact) mass is 439 g/mol. The predicted molar refractivity (Wildman–Crippen MR) is 90.4 cm³/mol. The molecule has 0 saturated carbocycles. The van der Waals surface area contributed by atoms with Crippen molar-refractivity contribution in [3.8, 4) is 0 Å². The third-order valence-electron chi connectivity index (χ3n) is 2.54. The van der Waals surface area contributed by atoms with Crippen LogP contribution in [0.5, 0.6) is 0 Å². The number of hydrogen-bond donors (Lipinski definition) is 1. The largest absolute Gasteiger partial charge is 0.321 e. The van der Waals surface area contributed by atoms with Crippen molar-refractivity contribution in [2.75, 3.05) is 5.32 Å². The molecule has 2 aromatic carbocycles. The van der Waals surface area contributed by atoms with Gasteiger partial charge >= 0.3 is 0 Å². The van der Waals surface area contributed by atoms with Gasteiger partial charge in [0.25, 0.3) is 11.7 Å². The van der Waals surface area contributed by atoms with Gasteiger partial charge in [0.2, 0.25) is 0 Å². The van der Waals surface area contributed by atoms with Crippen LogP contribution in [0, 0.1) is 3.57 Å². The highest BCUT2D eigenvalue weighted by atomic mass is 127. The zero-order valence-electron chi connectivity index (χ0n) is 10.4. The number of carbonyl (C=O) groups is 1.